The van der Waals surface area contributed by atoms with E-state index < -0.39 is 61.7 Å². The zero-order chi connectivity index (χ0) is 25.9. The predicted octanol–water partition coefficient (Wildman–Crippen LogP) is 2.50. The molecular weight excluding hydrogens is 474 g/mol. The van der Waals surface area contributed by atoms with Crippen molar-refractivity contribution in [2.24, 2.45) is 5.11 Å². The van der Waals surface area contributed by atoms with Gasteiger partial charge in [0.25, 0.3) is 0 Å². The Hall–Kier alpha value is -3.51. The van der Waals surface area contributed by atoms with Crippen LogP contribution in [0.2, 0.25) is 0 Å². The minimum atomic E-state index is -1.79. The van der Waals surface area contributed by atoms with Crippen molar-refractivity contribution < 1.29 is 43.9 Å². The molecule has 12 heteroatoms. The number of rotatable bonds is 13. The van der Waals surface area contributed by atoms with Gasteiger partial charge in [-0.25, -0.2) is 4.79 Å². The third-order valence-electron chi connectivity index (χ3n) is 5.48. The molecule has 1 heterocycles. The summed E-state index contributed by atoms with van der Waals surface area (Å²) in [5.41, 5.74) is 10.9. The summed E-state index contributed by atoms with van der Waals surface area (Å²) >= 11 is 0. The average molecular weight is 501 g/mol. The molecule has 1 fully saturated rings. The number of benzene rings is 2. The van der Waals surface area contributed by atoms with Crippen molar-refractivity contribution in [1.29, 1.82) is 0 Å². The molecule has 3 N–H and O–H groups in total. The Bertz CT molecular complexity index is 1030. The van der Waals surface area contributed by atoms with Crippen LogP contribution < -0.4 is 0 Å². The van der Waals surface area contributed by atoms with Crippen molar-refractivity contribution in [2.75, 3.05) is 6.61 Å². The zero-order valence-electron chi connectivity index (χ0n) is 19.2. The van der Waals surface area contributed by atoms with Gasteiger partial charge in [-0.15, -0.1) is 0 Å². The van der Waals surface area contributed by atoms with Crippen molar-refractivity contribution in [3.8, 4) is 0 Å². The van der Waals surface area contributed by atoms with Crippen LogP contribution in [0.1, 0.15) is 17.5 Å². The average Bonchev–Trinajstić information content (AvgIpc) is 2.88. The Morgan fingerprint density at radius 1 is 0.972 bits per heavy atom. The van der Waals surface area contributed by atoms with Gasteiger partial charge >= 0.3 is 11.9 Å². The first-order valence-corrected chi connectivity index (χ1v) is 11.1. The Labute approximate surface area is 206 Å². The van der Waals surface area contributed by atoms with E-state index in [0.29, 0.717) is 0 Å². The summed E-state index contributed by atoms with van der Waals surface area (Å²) in [6.07, 6.45) is -7.18. The molecule has 3 rings (SSSR count). The number of aliphatic hydroxyl groups is 1. The zero-order valence-corrected chi connectivity index (χ0v) is 19.2. The maximum Gasteiger partial charge on any atom is 0.333 e. The Kier molecular flexibility index (Phi) is 10.2. The Morgan fingerprint density at radius 2 is 1.53 bits per heavy atom. The second-order valence-electron chi connectivity index (χ2n) is 8.00. The van der Waals surface area contributed by atoms with Gasteiger partial charge in [0.05, 0.1) is 26.2 Å². The molecule has 0 aliphatic carbocycles. The number of aliphatic carboxylic acids is 2. The quantitative estimate of drug-likeness (QED) is 0.211. The number of carboxylic acids is 2. The lowest BCUT2D eigenvalue weighted by Crippen LogP contribution is -2.61. The van der Waals surface area contributed by atoms with Gasteiger partial charge in [-0.2, -0.15) is 0 Å². The normalized spacial score (nSPS) is 24.4. The van der Waals surface area contributed by atoms with Gasteiger partial charge in [-0.05, 0) is 16.7 Å². The standard InChI is InChI=1S/C24H27N3O9/c25-27-26-20-22(34-14-16-9-5-2-6-10-16)21(33-13-15-7-3-1-4-8-15)18(12-28)36-24(20)35-17(23(31)32)11-19(29)30/h1-10,17-18,20-22,24,28H,11-14H2,(H,29,30)(H,31,32)/t17-,18+,20+,21+,22+,24-/m0/s1. The fraction of sp³-hybridized carbons (Fsp3) is 0.417. The number of aliphatic hydroxyl groups excluding tert-OH is 1. The molecule has 0 radical (unpaired) electrons. The number of ether oxygens (including phenoxy) is 4. The van der Waals surface area contributed by atoms with Crippen LogP contribution in [0.3, 0.4) is 0 Å². The van der Waals surface area contributed by atoms with E-state index in [4.69, 9.17) is 24.1 Å². The largest absolute Gasteiger partial charge is 0.481 e. The van der Waals surface area contributed by atoms with E-state index >= 15 is 0 Å². The van der Waals surface area contributed by atoms with Gasteiger partial charge in [-0.1, -0.05) is 65.8 Å². The maximum absolute atomic E-state index is 11.6. The predicted molar refractivity (Wildman–Crippen MR) is 123 cm³/mol. The molecular formula is C24H27N3O9. The summed E-state index contributed by atoms with van der Waals surface area (Å²) in [7, 11) is 0. The second kappa shape index (κ2) is 13.5. The van der Waals surface area contributed by atoms with Crippen molar-refractivity contribution in [1.82, 2.24) is 0 Å². The number of hydrogen-bond acceptors (Lipinski definition) is 8. The minimum absolute atomic E-state index is 0.0799. The maximum atomic E-state index is 11.6. The van der Waals surface area contributed by atoms with E-state index in [1.54, 1.807) is 0 Å². The highest BCUT2D eigenvalue weighted by molar-refractivity contribution is 5.79. The highest BCUT2D eigenvalue weighted by atomic mass is 16.7. The Balaban J connectivity index is 1.90. The van der Waals surface area contributed by atoms with Crippen molar-refractivity contribution in [3.63, 3.8) is 0 Å². The minimum Gasteiger partial charge on any atom is -0.481 e. The first-order chi connectivity index (χ1) is 17.4. The molecule has 0 aromatic heterocycles. The van der Waals surface area contributed by atoms with Crippen molar-refractivity contribution in [2.45, 2.75) is 56.4 Å². The fourth-order valence-electron chi connectivity index (χ4n) is 3.77. The lowest BCUT2D eigenvalue weighted by Gasteiger charge is -2.44. The molecule has 1 aliphatic rings. The molecule has 192 valence electrons. The summed E-state index contributed by atoms with van der Waals surface area (Å²) in [6, 6.07) is 17.1. The summed E-state index contributed by atoms with van der Waals surface area (Å²) < 4.78 is 23.3. The van der Waals surface area contributed by atoms with Crippen LogP contribution in [0.5, 0.6) is 0 Å². The molecule has 0 saturated carbocycles. The fourth-order valence-corrected chi connectivity index (χ4v) is 3.77. The van der Waals surface area contributed by atoms with E-state index in [1.807, 2.05) is 60.7 Å². The molecule has 0 amide bonds. The van der Waals surface area contributed by atoms with Crippen molar-refractivity contribution >= 4 is 11.9 Å². The molecule has 36 heavy (non-hydrogen) atoms. The number of carboxylic acid groups (broad SMARTS) is 2. The third kappa shape index (κ3) is 7.49. The number of hydrogen-bond donors (Lipinski definition) is 3. The number of nitrogens with zero attached hydrogens (tertiary/aromatic N) is 3. The lowest BCUT2D eigenvalue weighted by atomic mass is 9.96. The van der Waals surface area contributed by atoms with Crippen LogP contribution in [0.15, 0.2) is 65.8 Å². The lowest BCUT2D eigenvalue weighted by molar-refractivity contribution is -0.292. The molecule has 0 unspecified atom stereocenters. The molecule has 0 bridgehead atoms. The smallest absolute Gasteiger partial charge is 0.333 e. The molecule has 1 saturated heterocycles. The van der Waals surface area contributed by atoms with Crippen LogP contribution in [0.25, 0.3) is 10.4 Å². The van der Waals surface area contributed by atoms with Gasteiger partial charge in [-0.3, -0.25) is 4.79 Å². The summed E-state index contributed by atoms with van der Waals surface area (Å²) in [5.74, 6) is -2.94. The third-order valence-corrected chi connectivity index (χ3v) is 5.48. The number of carbonyl (C=O) groups is 2. The van der Waals surface area contributed by atoms with E-state index in [-0.39, 0.29) is 13.2 Å². The molecule has 6 atom stereocenters. The van der Waals surface area contributed by atoms with Gasteiger partial charge in [0, 0.05) is 4.91 Å². The first-order valence-electron chi connectivity index (χ1n) is 11.1. The van der Waals surface area contributed by atoms with Crippen LogP contribution in [0.4, 0.5) is 0 Å². The number of azide groups is 1. The monoisotopic (exact) mass is 501 g/mol. The SMILES string of the molecule is [N-]=[N+]=N[C@H]1[C@@H](O[C@@H](CC(=O)O)C(=O)O)O[C@H](CO)[C@@H](OCc2ccccc2)[C@@H]1OCc1ccccc1. The van der Waals surface area contributed by atoms with Gasteiger partial charge in [0.2, 0.25) is 0 Å². The van der Waals surface area contributed by atoms with Crippen LogP contribution in [-0.2, 0) is 41.8 Å². The van der Waals surface area contributed by atoms with E-state index in [9.17, 15) is 25.3 Å². The summed E-state index contributed by atoms with van der Waals surface area (Å²) in [5, 5.41) is 32.3. The van der Waals surface area contributed by atoms with E-state index in [2.05, 4.69) is 10.0 Å². The molecule has 12 nitrogen and oxygen atoms in total. The second-order valence-corrected chi connectivity index (χ2v) is 8.00. The molecule has 2 aromatic carbocycles. The highest BCUT2D eigenvalue weighted by Gasteiger charge is 2.49. The van der Waals surface area contributed by atoms with E-state index in [0.717, 1.165) is 11.1 Å². The van der Waals surface area contributed by atoms with Crippen molar-refractivity contribution in [3.05, 3.63) is 82.2 Å². The summed E-state index contributed by atoms with van der Waals surface area (Å²) in [6.45, 7) is -0.345. The van der Waals surface area contributed by atoms with Crippen LogP contribution in [-0.4, -0.2) is 70.6 Å². The van der Waals surface area contributed by atoms with Gasteiger partial charge in [0.15, 0.2) is 12.4 Å². The van der Waals surface area contributed by atoms with Gasteiger partial charge in [0.1, 0.15) is 24.4 Å². The van der Waals surface area contributed by atoms with Crippen LogP contribution >= 0.6 is 0 Å². The van der Waals surface area contributed by atoms with Crippen LogP contribution in [0, 0.1) is 0 Å². The molecule has 2 aromatic rings. The van der Waals surface area contributed by atoms with Gasteiger partial charge < -0.3 is 34.3 Å². The summed E-state index contributed by atoms with van der Waals surface area (Å²) in [4.78, 5) is 25.6. The molecule has 0 spiro atoms. The first kappa shape index (κ1) is 27.1. The van der Waals surface area contributed by atoms with E-state index in [1.165, 1.54) is 0 Å². The topological polar surface area (TPSA) is 181 Å². The Morgan fingerprint density at radius 3 is 2.00 bits per heavy atom. The molecule has 1 aliphatic heterocycles. The highest BCUT2D eigenvalue weighted by Crippen LogP contribution is 2.31.